The number of nitrogens with zero attached hydrogens (tertiary/aromatic N) is 3. The van der Waals surface area contributed by atoms with Gasteiger partial charge in [-0.05, 0) is 20.9 Å². The van der Waals surface area contributed by atoms with Gasteiger partial charge in [-0.3, -0.25) is 9.58 Å². The van der Waals surface area contributed by atoms with E-state index >= 15 is 0 Å². The van der Waals surface area contributed by atoms with Gasteiger partial charge in [0.15, 0.2) is 0 Å². The van der Waals surface area contributed by atoms with E-state index in [-0.39, 0.29) is 0 Å². The number of aryl methyl sites for hydroxylation is 2. The van der Waals surface area contributed by atoms with E-state index in [1.54, 1.807) is 7.11 Å². The molecule has 0 radical (unpaired) electrons. The topological polar surface area (TPSA) is 42.3 Å². The van der Waals surface area contributed by atoms with Crippen molar-refractivity contribution in [2.24, 2.45) is 0 Å². The molecule has 0 aliphatic rings. The van der Waals surface area contributed by atoms with Gasteiger partial charge in [0.1, 0.15) is 0 Å². The van der Waals surface area contributed by atoms with Crippen molar-refractivity contribution in [3.8, 4) is 0 Å². The number of hydrogen-bond donors (Lipinski definition) is 1. The van der Waals surface area contributed by atoms with Crippen molar-refractivity contribution in [1.82, 2.24) is 20.0 Å². The molecule has 0 bridgehead atoms. The molecule has 0 saturated heterocycles. The minimum atomic E-state index is 0.747. The second-order valence-electron chi connectivity index (χ2n) is 4.64. The van der Waals surface area contributed by atoms with E-state index in [1.165, 1.54) is 0 Å². The molecule has 110 valence electrons. The fourth-order valence-corrected chi connectivity index (χ4v) is 2.12. The van der Waals surface area contributed by atoms with Crippen LogP contribution in [0.4, 0.5) is 0 Å². The maximum atomic E-state index is 6.30. The van der Waals surface area contributed by atoms with Crippen molar-refractivity contribution >= 4 is 11.6 Å². The summed E-state index contributed by atoms with van der Waals surface area (Å²) in [6.07, 6.45) is 0. The molecular formula is C13H25ClN4O. The van der Waals surface area contributed by atoms with Crippen LogP contribution >= 0.6 is 11.6 Å². The van der Waals surface area contributed by atoms with Crippen molar-refractivity contribution in [3.05, 3.63) is 16.4 Å². The van der Waals surface area contributed by atoms with Crippen molar-refractivity contribution in [3.63, 3.8) is 0 Å². The molecule has 6 heteroatoms. The molecule has 0 amide bonds. The molecule has 0 saturated carbocycles. The summed E-state index contributed by atoms with van der Waals surface area (Å²) < 4.78 is 6.97. The van der Waals surface area contributed by atoms with Crippen LogP contribution in [0.1, 0.15) is 18.3 Å². The van der Waals surface area contributed by atoms with E-state index in [0.29, 0.717) is 0 Å². The highest BCUT2D eigenvalue weighted by atomic mass is 35.5. The Morgan fingerprint density at radius 1 is 1.42 bits per heavy atom. The summed E-state index contributed by atoms with van der Waals surface area (Å²) in [5.74, 6) is 0. The zero-order valence-electron chi connectivity index (χ0n) is 12.4. The zero-order chi connectivity index (χ0) is 14.3. The molecule has 0 aliphatic carbocycles. The summed E-state index contributed by atoms with van der Waals surface area (Å²) in [7, 11) is 3.81. The van der Waals surface area contributed by atoms with Gasteiger partial charge in [-0.1, -0.05) is 11.6 Å². The first-order valence-electron chi connectivity index (χ1n) is 6.70. The van der Waals surface area contributed by atoms with Crippen LogP contribution in [0.25, 0.3) is 0 Å². The standard InChI is InChI=1S/C13H25ClN4O/c1-5-18-12(13(14)11(2)16-18)10-17(3)8-6-15-7-9-19-4/h15H,5-10H2,1-4H3. The minimum absolute atomic E-state index is 0.747. The third-order valence-electron chi connectivity index (χ3n) is 3.03. The second kappa shape index (κ2) is 8.53. The van der Waals surface area contributed by atoms with Crippen LogP contribution in [-0.2, 0) is 17.8 Å². The normalized spacial score (nSPS) is 11.5. The van der Waals surface area contributed by atoms with Gasteiger partial charge in [-0.25, -0.2) is 0 Å². The van der Waals surface area contributed by atoms with E-state index in [9.17, 15) is 0 Å². The summed E-state index contributed by atoms with van der Waals surface area (Å²) in [4.78, 5) is 2.24. The van der Waals surface area contributed by atoms with Crippen molar-refractivity contribution in [1.29, 1.82) is 0 Å². The number of rotatable bonds is 9. The van der Waals surface area contributed by atoms with Crippen molar-refractivity contribution in [2.45, 2.75) is 26.9 Å². The molecule has 1 aromatic rings. The van der Waals surface area contributed by atoms with Crippen LogP contribution in [0.5, 0.6) is 0 Å². The fraction of sp³-hybridized carbons (Fsp3) is 0.769. The Morgan fingerprint density at radius 3 is 2.79 bits per heavy atom. The molecule has 0 atom stereocenters. The number of likely N-dealkylation sites (N-methyl/N-ethyl adjacent to an activating group) is 1. The Balaban J connectivity index is 2.41. The van der Waals surface area contributed by atoms with Crippen LogP contribution in [-0.4, -0.2) is 55.1 Å². The maximum absolute atomic E-state index is 6.30. The molecule has 0 aliphatic heterocycles. The Labute approximate surface area is 120 Å². The lowest BCUT2D eigenvalue weighted by molar-refractivity contribution is 0.197. The summed E-state index contributed by atoms with van der Waals surface area (Å²) in [5.41, 5.74) is 2.01. The first-order chi connectivity index (χ1) is 9.10. The van der Waals surface area contributed by atoms with Gasteiger partial charge in [0.25, 0.3) is 0 Å². The van der Waals surface area contributed by atoms with Gasteiger partial charge in [0.05, 0.1) is 23.0 Å². The predicted octanol–water partition coefficient (Wildman–Crippen LogP) is 1.53. The van der Waals surface area contributed by atoms with Crippen LogP contribution in [0.2, 0.25) is 5.02 Å². The van der Waals surface area contributed by atoms with Crippen molar-refractivity contribution < 1.29 is 4.74 Å². The van der Waals surface area contributed by atoms with Crippen LogP contribution in [0.3, 0.4) is 0 Å². The van der Waals surface area contributed by atoms with Gasteiger partial charge >= 0.3 is 0 Å². The molecule has 0 aromatic carbocycles. The van der Waals surface area contributed by atoms with Crippen molar-refractivity contribution in [2.75, 3.05) is 40.4 Å². The Hall–Kier alpha value is -0.620. The summed E-state index contributed by atoms with van der Waals surface area (Å²) >= 11 is 6.30. The summed E-state index contributed by atoms with van der Waals surface area (Å²) in [5, 5.41) is 8.55. The molecule has 0 unspecified atom stereocenters. The first kappa shape index (κ1) is 16.4. The molecule has 1 rings (SSSR count). The van der Waals surface area contributed by atoms with Crippen LogP contribution in [0, 0.1) is 6.92 Å². The average Bonchev–Trinajstić information content (AvgIpc) is 2.66. The Kier molecular flexibility index (Phi) is 7.38. The SMILES string of the molecule is CCn1nc(C)c(Cl)c1CN(C)CCNCCOC. The first-order valence-corrected chi connectivity index (χ1v) is 7.07. The van der Waals surface area contributed by atoms with Gasteiger partial charge < -0.3 is 10.1 Å². The molecule has 0 spiro atoms. The largest absolute Gasteiger partial charge is 0.383 e. The van der Waals surface area contributed by atoms with Gasteiger partial charge in [-0.15, -0.1) is 0 Å². The lowest BCUT2D eigenvalue weighted by Crippen LogP contribution is -2.31. The van der Waals surface area contributed by atoms with E-state index < -0.39 is 0 Å². The summed E-state index contributed by atoms with van der Waals surface area (Å²) in [6.45, 7) is 9.24. The van der Waals surface area contributed by atoms with Gasteiger partial charge in [-0.2, -0.15) is 5.10 Å². The summed E-state index contributed by atoms with van der Waals surface area (Å²) in [6, 6.07) is 0. The number of methoxy groups -OCH3 is 1. The van der Waals surface area contributed by atoms with E-state index in [4.69, 9.17) is 16.3 Å². The van der Waals surface area contributed by atoms with E-state index in [1.807, 2.05) is 11.6 Å². The maximum Gasteiger partial charge on any atom is 0.0860 e. The highest BCUT2D eigenvalue weighted by Gasteiger charge is 2.13. The molecule has 5 nitrogen and oxygen atoms in total. The number of ether oxygens (including phenoxy) is 1. The predicted molar refractivity (Wildman–Crippen MR) is 78.7 cm³/mol. The molecule has 0 fully saturated rings. The number of aromatic nitrogens is 2. The minimum Gasteiger partial charge on any atom is -0.383 e. The average molecular weight is 289 g/mol. The molecular weight excluding hydrogens is 264 g/mol. The molecule has 1 N–H and O–H groups in total. The van der Waals surface area contributed by atoms with Crippen LogP contribution < -0.4 is 5.32 Å². The molecule has 1 heterocycles. The Morgan fingerprint density at radius 2 is 2.16 bits per heavy atom. The highest BCUT2D eigenvalue weighted by molar-refractivity contribution is 6.31. The van der Waals surface area contributed by atoms with E-state index in [2.05, 4.69) is 29.3 Å². The fourth-order valence-electron chi connectivity index (χ4n) is 1.92. The second-order valence-corrected chi connectivity index (χ2v) is 5.02. The third kappa shape index (κ3) is 5.10. The zero-order valence-corrected chi connectivity index (χ0v) is 13.1. The number of nitrogens with one attached hydrogen (secondary N) is 1. The lowest BCUT2D eigenvalue weighted by atomic mass is 10.3. The number of halogens is 1. The molecule has 1 aromatic heterocycles. The lowest BCUT2D eigenvalue weighted by Gasteiger charge is -2.17. The third-order valence-corrected chi connectivity index (χ3v) is 3.52. The quantitative estimate of drug-likeness (QED) is 0.700. The van der Waals surface area contributed by atoms with E-state index in [0.717, 1.165) is 55.7 Å². The monoisotopic (exact) mass is 288 g/mol. The highest BCUT2D eigenvalue weighted by Crippen LogP contribution is 2.21. The van der Waals surface area contributed by atoms with Crippen LogP contribution in [0.15, 0.2) is 0 Å². The molecule has 19 heavy (non-hydrogen) atoms. The van der Waals surface area contributed by atoms with Gasteiger partial charge in [0, 0.05) is 39.8 Å². The Bertz CT molecular complexity index is 381. The van der Waals surface area contributed by atoms with Gasteiger partial charge in [0.2, 0.25) is 0 Å². The smallest absolute Gasteiger partial charge is 0.0860 e. The number of hydrogen-bond acceptors (Lipinski definition) is 4.